The molecule has 4 nitrogen and oxygen atoms in total. The molecule has 1 N–H and O–H groups in total. The van der Waals surface area contributed by atoms with Gasteiger partial charge in [-0.05, 0) is 69.0 Å². The van der Waals surface area contributed by atoms with E-state index in [2.05, 4.69) is 34.2 Å². The maximum atomic E-state index is 12.4. The highest BCUT2D eigenvalue weighted by molar-refractivity contribution is 9.10. The topological polar surface area (TPSA) is 41.6 Å². The number of piperidine rings is 1. The van der Waals surface area contributed by atoms with Crippen LogP contribution in [-0.4, -0.2) is 35.7 Å². The zero-order valence-corrected chi connectivity index (χ0v) is 16.8. The fourth-order valence-corrected chi connectivity index (χ4v) is 4.31. The summed E-state index contributed by atoms with van der Waals surface area (Å²) in [5, 5.41) is 3.50. The molecule has 0 bridgehead atoms. The van der Waals surface area contributed by atoms with Crippen molar-refractivity contribution in [2.24, 2.45) is 0 Å². The van der Waals surface area contributed by atoms with Crippen LogP contribution in [0.15, 0.2) is 10.5 Å². The predicted octanol–water partition coefficient (Wildman–Crippen LogP) is 4.70. The molecule has 130 valence electrons. The van der Waals surface area contributed by atoms with E-state index in [9.17, 15) is 4.79 Å². The number of rotatable bonds is 4. The molecule has 23 heavy (non-hydrogen) atoms. The fourth-order valence-electron chi connectivity index (χ4n) is 2.74. The fraction of sp³-hybridized carbons (Fsp3) is 0.706. The van der Waals surface area contributed by atoms with E-state index in [0.29, 0.717) is 0 Å². The summed E-state index contributed by atoms with van der Waals surface area (Å²) in [5.74, 6) is 0. The second-order valence-electron chi connectivity index (χ2n) is 7.07. The predicted molar refractivity (Wildman–Crippen MR) is 99.0 cm³/mol. The van der Waals surface area contributed by atoms with E-state index in [1.54, 1.807) is 11.3 Å². The summed E-state index contributed by atoms with van der Waals surface area (Å²) in [7, 11) is 0. The monoisotopic (exact) mass is 402 g/mol. The van der Waals surface area contributed by atoms with Crippen molar-refractivity contribution in [3.05, 3.63) is 20.3 Å². The minimum Gasteiger partial charge on any atom is -0.444 e. The van der Waals surface area contributed by atoms with Crippen LogP contribution in [0.5, 0.6) is 0 Å². The Kier molecular flexibility index (Phi) is 6.51. The second kappa shape index (κ2) is 7.99. The number of halogens is 1. The Hall–Kier alpha value is -0.590. The first-order chi connectivity index (χ1) is 10.8. The van der Waals surface area contributed by atoms with Crippen molar-refractivity contribution < 1.29 is 9.53 Å². The normalized spacial score (nSPS) is 19.0. The number of nitrogens with one attached hydrogen (secondary N) is 1. The van der Waals surface area contributed by atoms with Gasteiger partial charge in [-0.15, -0.1) is 11.3 Å². The van der Waals surface area contributed by atoms with E-state index >= 15 is 0 Å². The third kappa shape index (κ3) is 5.76. The van der Waals surface area contributed by atoms with Crippen LogP contribution in [0.3, 0.4) is 0 Å². The molecule has 0 radical (unpaired) electrons. The molecule has 1 atom stereocenters. The molecule has 0 saturated carbocycles. The maximum absolute atomic E-state index is 12.4. The molecule has 1 aliphatic rings. The van der Waals surface area contributed by atoms with E-state index < -0.39 is 5.60 Å². The molecular formula is C17H27BrN2O2S. The van der Waals surface area contributed by atoms with E-state index in [-0.39, 0.29) is 12.1 Å². The Morgan fingerprint density at radius 1 is 1.48 bits per heavy atom. The number of aryl methyl sites for hydroxylation is 1. The number of ether oxygens (including phenoxy) is 1. The number of hydrogen-bond acceptors (Lipinski definition) is 4. The average molecular weight is 403 g/mol. The highest BCUT2D eigenvalue weighted by Crippen LogP contribution is 2.26. The number of carbonyl (C=O) groups is 1. The van der Waals surface area contributed by atoms with Gasteiger partial charge in [0, 0.05) is 39.9 Å². The first kappa shape index (κ1) is 18.7. The van der Waals surface area contributed by atoms with Crippen LogP contribution in [0.1, 0.15) is 49.8 Å². The highest BCUT2D eigenvalue weighted by Gasteiger charge is 2.30. The standard InChI is InChI=1S/C17H27BrN2O2S/c1-12-15(18)9-14(23-12)11-19-10-13-7-5-6-8-20(13)16(21)22-17(2,3)4/h9,13,19H,5-8,10-11H2,1-4H3. The number of hydrogen-bond donors (Lipinski definition) is 1. The van der Waals surface area contributed by atoms with Crippen LogP contribution < -0.4 is 5.32 Å². The highest BCUT2D eigenvalue weighted by atomic mass is 79.9. The maximum Gasteiger partial charge on any atom is 0.410 e. The molecular weight excluding hydrogens is 376 g/mol. The van der Waals surface area contributed by atoms with Crippen molar-refractivity contribution in [3.8, 4) is 0 Å². The van der Waals surface area contributed by atoms with Crippen molar-refractivity contribution in [3.63, 3.8) is 0 Å². The van der Waals surface area contributed by atoms with Gasteiger partial charge in [-0.25, -0.2) is 4.79 Å². The third-order valence-corrected chi connectivity index (χ3v) is 5.98. The Bertz CT molecular complexity index is 520. The van der Waals surface area contributed by atoms with E-state index in [1.807, 2.05) is 25.7 Å². The SMILES string of the molecule is Cc1sc(CNCC2CCCCN2C(=O)OC(C)(C)C)cc1Br. The molecule has 1 amide bonds. The van der Waals surface area contributed by atoms with Crippen LogP contribution in [0.4, 0.5) is 4.79 Å². The van der Waals surface area contributed by atoms with Gasteiger partial charge in [-0.2, -0.15) is 0 Å². The van der Waals surface area contributed by atoms with Gasteiger partial charge in [-0.3, -0.25) is 0 Å². The Balaban J connectivity index is 1.87. The molecule has 1 aliphatic heterocycles. The van der Waals surface area contributed by atoms with Crippen molar-refractivity contribution in [1.29, 1.82) is 0 Å². The minimum absolute atomic E-state index is 0.182. The number of thiophene rings is 1. The zero-order valence-electron chi connectivity index (χ0n) is 14.4. The first-order valence-corrected chi connectivity index (χ1v) is 9.82. The summed E-state index contributed by atoms with van der Waals surface area (Å²) in [5.41, 5.74) is -0.437. The Morgan fingerprint density at radius 3 is 2.83 bits per heavy atom. The first-order valence-electron chi connectivity index (χ1n) is 8.21. The zero-order chi connectivity index (χ0) is 17.0. The summed E-state index contributed by atoms with van der Waals surface area (Å²) in [6.07, 6.45) is 3.10. The van der Waals surface area contributed by atoms with Crippen LogP contribution in [-0.2, 0) is 11.3 Å². The largest absolute Gasteiger partial charge is 0.444 e. The molecule has 0 aromatic carbocycles. The molecule has 0 spiro atoms. The second-order valence-corrected chi connectivity index (χ2v) is 9.27. The molecule has 1 fully saturated rings. The van der Waals surface area contributed by atoms with Crippen molar-refractivity contribution in [2.75, 3.05) is 13.1 Å². The molecule has 2 rings (SSSR count). The quantitative estimate of drug-likeness (QED) is 0.793. The van der Waals surface area contributed by atoms with E-state index in [0.717, 1.165) is 32.5 Å². The summed E-state index contributed by atoms with van der Waals surface area (Å²) >= 11 is 5.36. The average Bonchev–Trinajstić information content (AvgIpc) is 2.76. The van der Waals surface area contributed by atoms with Gasteiger partial charge in [0.15, 0.2) is 0 Å². The molecule has 6 heteroatoms. The number of carbonyl (C=O) groups excluding carboxylic acids is 1. The summed E-state index contributed by atoms with van der Waals surface area (Å²) in [4.78, 5) is 16.9. The van der Waals surface area contributed by atoms with Crippen LogP contribution in [0.25, 0.3) is 0 Å². The number of nitrogens with zero attached hydrogens (tertiary/aromatic N) is 1. The summed E-state index contributed by atoms with van der Waals surface area (Å²) in [6, 6.07) is 2.39. The van der Waals surface area contributed by atoms with E-state index in [4.69, 9.17) is 4.74 Å². The van der Waals surface area contributed by atoms with Gasteiger partial charge >= 0.3 is 6.09 Å². The molecule has 2 heterocycles. The van der Waals surface area contributed by atoms with Crippen molar-refractivity contribution in [2.45, 2.75) is 65.1 Å². The minimum atomic E-state index is -0.437. The lowest BCUT2D eigenvalue weighted by Gasteiger charge is -2.36. The van der Waals surface area contributed by atoms with Crippen molar-refractivity contribution >= 4 is 33.4 Å². The molecule has 1 saturated heterocycles. The van der Waals surface area contributed by atoms with Crippen LogP contribution in [0, 0.1) is 6.92 Å². The molecule has 1 aromatic heterocycles. The van der Waals surface area contributed by atoms with Crippen LogP contribution >= 0.6 is 27.3 Å². The smallest absolute Gasteiger partial charge is 0.410 e. The van der Waals surface area contributed by atoms with Gasteiger partial charge in [0.1, 0.15) is 5.60 Å². The lowest BCUT2D eigenvalue weighted by atomic mass is 10.0. The molecule has 1 unspecified atom stereocenters. The van der Waals surface area contributed by atoms with Gasteiger partial charge in [-0.1, -0.05) is 0 Å². The molecule has 1 aromatic rings. The third-order valence-electron chi connectivity index (χ3n) is 3.84. The van der Waals surface area contributed by atoms with E-state index in [1.165, 1.54) is 20.6 Å². The van der Waals surface area contributed by atoms with Gasteiger partial charge in [0.05, 0.1) is 0 Å². The summed E-state index contributed by atoms with van der Waals surface area (Å²) in [6.45, 7) is 10.3. The van der Waals surface area contributed by atoms with Gasteiger partial charge in [0.2, 0.25) is 0 Å². The Morgan fingerprint density at radius 2 is 2.22 bits per heavy atom. The lowest BCUT2D eigenvalue weighted by Crippen LogP contribution is -2.50. The molecule has 0 aliphatic carbocycles. The number of likely N-dealkylation sites (tertiary alicyclic amines) is 1. The number of amides is 1. The van der Waals surface area contributed by atoms with Gasteiger partial charge in [0.25, 0.3) is 0 Å². The lowest BCUT2D eigenvalue weighted by molar-refractivity contribution is 0.00994. The van der Waals surface area contributed by atoms with Gasteiger partial charge < -0.3 is 15.0 Å². The van der Waals surface area contributed by atoms with Crippen LogP contribution in [0.2, 0.25) is 0 Å². The summed E-state index contributed by atoms with van der Waals surface area (Å²) < 4.78 is 6.72. The Labute approximate surface area is 151 Å². The van der Waals surface area contributed by atoms with Crippen molar-refractivity contribution in [1.82, 2.24) is 10.2 Å².